The van der Waals surface area contributed by atoms with Crippen LogP contribution in [0.25, 0.3) is 0 Å². The Morgan fingerprint density at radius 2 is 1.90 bits per heavy atom. The zero-order valence-corrected chi connectivity index (χ0v) is 13.5. The van der Waals surface area contributed by atoms with E-state index in [1.807, 2.05) is 49.4 Å². The lowest BCUT2D eigenvalue weighted by atomic mass is 10.2. The molecule has 2 aromatic rings. The van der Waals surface area contributed by atoms with E-state index in [0.29, 0.717) is 0 Å². The molecule has 2 aromatic carbocycles. The van der Waals surface area contributed by atoms with Crippen molar-refractivity contribution in [3.8, 4) is 11.5 Å². The van der Waals surface area contributed by atoms with Gasteiger partial charge in [0.25, 0.3) is 0 Å². The molecule has 0 aromatic heterocycles. The van der Waals surface area contributed by atoms with Crippen molar-refractivity contribution in [2.24, 2.45) is 0 Å². The van der Waals surface area contributed by atoms with Gasteiger partial charge in [0.05, 0.1) is 6.54 Å². The number of hydrogen-bond donors (Lipinski definition) is 2. The Labute approximate surface area is 132 Å². The Kier molecular flexibility index (Phi) is 5.36. The number of halogens is 1. The minimum Gasteiger partial charge on any atom is -0.457 e. The number of carbonyl (C=O) groups is 1. The van der Waals surface area contributed by atoms with Crippen LogP contribution in [0.2, 0.25) is 0 Å². The lowest BCUT2D eigenvalue weighted by molar-refractivity contribution is -0.115. The SMILES string of the molecule is CNCC(=O)Nc1ccc(Oc2ccc(Br)cc2)c(C)c1. The van der Waals surface area contributed by atoms with Gasteiger partial charge in [0.15, 0.2) is 0 Å². The van der Waals surface area contributed by atoms with Crippen LogP contribution < -0.4 is 15.4 Å². The number of rotatable bonds is 5. The highest BCUT2D eigenvalue weighted by atomic mass is 79.9. The van der Waals surface area contributed by atoms with Crippen LogP contribution in [0.1, 0.15) is 5.56 Å². The van der Waals surface area contributed by atoms with Crippen LogP contribution in [0.3, 0.4) is 0 Å². The fourth-order valence-corrected chi connectivity index (χ4v) is 2.10. The Balaban J connectivity index is 2.08. The summed E-state index contributed by atoms with van der Waals surface area (Å²) < 4.78 is 6.83. The van der Waals surface area contributed by atoms with Gasteiger partial charge in [-0.1, -0.05) is 15.9 Å². The minimum atomic E-state index is -0.0709. The van der Waals surface area contributed by atoms with Crippen molar-refractivity contribution in [2.45, 2.75) is 6.92 Å². The first kappa shape index (κ1) is 15.5. The molecule has 0 radical (unpaired) electrons. The Morgan fingerprint density at radius 3 is 2.52 bits per heavy atom. The molecule has 4 nitrogen and oxygen atoms in total. The molecular formula is C16H17BrN2O2. The quantitative estimate of drug-likeness (QED) is 0.865. The summed E-state index contributed by atoms with van der Waals surface area (Å²) in [5.74, 6) is 1.47. The van der Waals surface area contributed by atoms with Crippen molar-refractivity contribution in [3.05, 3.63) is 52.5 Å². The second-order valence-electron chi connectivity index (χ2n) is 4.61. The summed E-state index contributed by atoms with van der Waals surface area (Å²) in [6, 6.07) is 13.2. The molecule has 1 amide bonds. The number of benzene rings is 2. The fraction of sp³-hybridized carbons (Fsp3) is 0.188. The first-order chi connectivity index (χ1) is 10.1. The molecule has 0 saturated carbocycles. The van der Waals surface area contributed by atoms with Crippen LogP contribution in [0.5, 0.6) is 11.5 Å². The van der Waals surface area contributed by atoms with Gasteiger partial charge in [-0.2, -0.15) is 0 Å². The number of nitrogens with one attached hydrogen (secondary N) is 2. The van der Waals surface area contributed by atoms with Crippen LogP contribution in [0.15, 0.2) is 46.9 Å². The van der Waals surface area contributed by atoms with Crippen molar-refractivity contribution < 1.29 is 9.53 Å². The number of likely N-dealkylation sites (N-methyl/N-ethyl adjacent to an activating group) is 1. The second kappa shape index (κ2) is 7.24. The van der Waals surface area contributed by atoms with Gasteiger partial charge in [-0.25, -0.2) is 0 Å². The smallest absolute Gasteiger partial charge is 0.238 e. The third-order valence-corrected chi connectivity index (χ3v) is 3.37. The van der Waals surface area contributed by atoms with Crippen LogP contribution >= 0.6 is 15.9 Å². The van der Waals surface area contributed by atoms with Crippen molar-refractivity contribution in [1.82, 2.24) is 5.32 Å². The maximum absolute atomic E-state index is 11.5. The molecule has 2 N–H and O–H groups in total. The average Bonchev–Trinajstić information content (AvgIpc) is 2.44. The van der Waals surface area contributed by atoms with E-state index in [2.05, 4.69) is 26.6 Å². The van der Waals surface area contributed by atoms with Crippen LogP contribution in [-0.2, 0) is 4.79 Å². The van der Waals surface area contributed by atoms with E-state index in [0.717, 1.165) is 27.2 Å². The molecule has 0 aliphatic carbocycles. The van der Waals surface area contributed by atoms with Gasteiger partial charge < -0.3 is 15.4 Å². The van der Waals surface area contributed by atoms with Gasteiger partial charge in [-0.15, -0.1) is 0 Å². The Morgan fingerprint density at radius 1 is 1.19 bits per heavy atom. The van der Waals surface area contributed by atoms with E-state index < -0.39 is 0 Å². The summed E-state index contributed by atoms with van der Waals surface area (Å²) in [5.41, 5.74) is 1.72. The molecule has 21 heavy (non-hydrogen) atoms. The van der Waals surface area contributed by atoms with Gasteiger partial charge >= 0.3 is 0 Å². The maximum atomic E-state index is 11.5. The first-order valence-corrected chi connectivity index (χ1v) is 7.36. The summed E-state index contributed by atoms with van der Waals surface area (Å²) in [6.45, 7) is 2.23. The predicted molar refractivity (Wildman–Crippen MR) is 88.0 cm³/mol. The molecule has 0 bridgehead atoms. The number of aryl methyl sites for hydroxylation is 1. The van der Waals surface area contributed by atoms with Crippen LogP contribution in [-0.4, -0.2) is 19.5 Å². The average molecular weight is 349 g/mol. The molecule has 0 aliphatic heterocycles. The Hall–Kier alpha value is -1.85. The zero-order valence-electron chi connectivity index (χ0n) is 11.9. The van der Waals surface area contributed by atoms with Gasteiger partial charge in [0.1, 0.15) is 11.5 Å². The van der Waals surface area contributed by atoms with Gasteiger partial charge in [-0.3, -0.25) is 4.79 Å². The molecule has 110 valence electrons. The number of hydrogen-bond acceptors (Lipinski definition) is 3. The lowest BCUT2D eigenvalue weighted by Crippen LogP contribution is -2.25. The van der Waals surface area contributed by atoms with Gasteiger partial charge in [0.2, 0.25) is 5.91 Å². The molecule has 0 unspecified atom stereocenters. The molecule has 2 rings (SSSR count). The van der Waals surface area contributed by atoms with Gasteiger partial charge in [0, 0.05) is 10.2 Å². The summed E-state index contributed by atoms with van der Waals surface area (Å²) in [4.78, 5) is 11.5. The number of anilines is 1. The van der Waals surface area contributed by atoms with Crippen molar-refractivity contribution >= 4 is 27.5 Å². The monoisotopic (exact) mass is 348 g/mol. The Bertz CT molecular complexity index is 627. The number of ether oxygens (including phenoxy) is 1. The van der Waals surface area contributed by atoms with Gasteiger partial charge in [-0.05, 0) is 62.0 Å². The van der Waals surface area contributed by atoms with E-state index in [1.165, 1.54) is 0 Å². The molecule has 0 aliphatic rings. The zero-order chi connectivity index (χ0) is 15.2. The summed E-state index contributed by atoms with van der Waals surface area (Å²) in [5, 5.41) is 5.63. The highest BCUT2D eigenvalue weighted by molar-refractivity contribution is 9.10. The summed E-state index contributed by atoms with van der Waals surface area (Å²) >= 11 is 3.39. The molecular weight excluding hydrogens is 332 g/mol. The normalized spacial score (nSPS) is 10.2. The second-order valence-corrected chi connectivity index (χ2v) is 5.53. The number of amides is 1. The van der Waals surface area contributed by atoms with Crippen molar-refractivity contribution in [3.63, 3.8) is 0 Å². The predicted octanol–water partition coefficient (Wildman–Crippen LogP) is 3.71. The highest BCUT2D eigenvalue weighted by Crippen LogP contribution is 2.28. The first-order valence-electron chi connectivity index (χ1n) is 6.57. The number of carbonyl (C=O) groups excluding carboxylic acids is 1. The molecule has 0 heterocycles. The third-order valence-electron chi connectivity index (χ3n) is 2.84. The summed E-state index contributed by atoms with van der Waals surface area (Å²) in [7, 11) is 1.74. The highest BCUT2D eigenvalue weighted by Gasteiger charge is 2.05. The van der Waals surface area contributed by atoms with Crippen molar-refractivity contribution in [2.75, 3.05) is 18.9 Å². The third kappa shape index (κ3) is 4.58. The van der Waals surface area contributed by atoms with E-state index >= 15 is 0 Å². The largest absolute Gasteiger partial charge is 0.457 e. The fourth-order valence-electron chi connectivity index (χ4n) is 1.84. The van der Waals surface area contributed by atoms with Crippen LogP contribution in [0.4, 0.5) is 5.69 Å². The lowest BCUT2D eigenvalue weighted by Gasteiger charge is -2.11. The van der Waals surface area contributed by atoms with E-state index in [1.54, 1.807) is 7.05 Å². The van der Waals surface area contributed by atoms with E-state index in [-0.39, 0.29) is 12.5 Å². The van der Waals surface area contributed by atoms with E-state index in [4.69, 9.17) is 4.74 Å². The van der Waals surface area contributed by atoms with Crippen molar-refractivity contribution in [1.29, 1.82) is 0 Å². The minimum absolute atomic E-state index is 0.0709. The molecule has 5 heteroatoms. The topological polar surface area (TPSA) is 50.4 Å². The standard InChI is InChI=1S/C16H17BrN2O2/c1-11-9-13(19-16(20)10-18-2)5-8-15(11)21-14-6-3-12(17)4-7-14/h3-9,18H,10H2,1-2H3,(H,19,20). The maximum Gasteiger partial charge on any atom is 0.238 e. The molecule has 0 fully saturated rings. The van der Waals surface area contributed by atoms with E-state index in [9.17, 15) is 4.79 Å². The van der Waals surface area contributed by atoms with Crippen LogP contribution in [0, 0.1) is 6.92 Å². The molecule has 0 saturated heterocycles. The summed E-state index contributed by atoms with van der Waals surface area (Å²) in [6.07, 6.45) is 0. The molecule has 0 atom stereocenters. The molecule has 0 spiro atoms.